The van der Waals surface area contributed by atoms with Crippen molar-refractivity contribution in [3.63, 3.8) is 0 Å². The molecule has 1 aliphatic heterocycles. The van der Waals surface area contributed by atoms with Gasteiger partial charge in [-0.2, -0.15) is 0 Å². The highest BCUT2D eigenvalue weighted by molar-refractivity contribution is 6.21. The number of rotatable bonds is 5. The fourth-order valence-electron chi connectivity index (χ4n) is 6.23. The van der Waals surface area contributed by atoms with E-state index in [1.165, 1.54) is 12.1 Å². The van der Waals surface area contributed by atoms with Crippen molar-refractivity contribution >= 4 is 23.9 Å². The molecule has 8 heteroatoms. The number of carbonyl (C=O) groups excluding carboxylic acids is 4. The number of hydrogen-bond acceptors (Lipinski definition) is 6. The second-order valence-corrected chi connectivity index (χ2v) is 10.9. The molecule has 6 rings (SSSR count). The van der Waals surface area contributed by atoms with Gasteiger partial charge in [0.05, 0.1) is 11.1 Å². The van der Waals surface area contributed by atoms with Crippen molar-refractivity contribution in [2.24, 2.45) is 5.41 Å². The fraction of sp³-hybridized carbons (Fsp3) is 0.290. The summed E-state index contributed by atoms with van der Waals surface area (Å²) in [5, 5.41) is 3.28. The van der Waals surface area contributed by atoms with Gasteiger partial charge < -0.3 is 14.9 Å². The molecule has 1 unspecified atom stereocenters. The monoisotopic (exact) mass is 524 g/mol. The molecule has 0 spiro atoms. The lowest BCUT2D eigenvalue weighted by atomic mass is 9.75. The number of ether oxygens (including phenoxy) is 1. The molecule has 0 bridgehead atoms. The summed E-state index contributed by atoms with van der Waals surface area (Å²) < 4.78 is 5.73. The van der Waals surface area contributed by atoms with Crippen LogP contribution in [-0.2, 0) is 14.4 Å². The molecule has 1 heterocycles. The molecule has 3 aromatic rings. The maximum atomic E-state index is 13.7. The van der Waals surface area contributed by atoms with Crippen molar-refractivity contribution in [3.8, 4) is 11.1 Å². The van der Waals surface area contributed by atoms with Crippen molar-refractivity contribution in [2.45, 2.75) is 44.6 Å². The van der Waals surface area contributed by atoms with Gasteiger partial charge in [0.15, 0.2) is 0 Å². The van der Waals surface area contributed by atoms with Gasteiger partial charge in [0.1, 0.15) is 12.1 Å². The summed E-state index contributed by atoms with van der Waals surface area (Å²) in [6.45, 7) is 3.80. The lowest BCUT2D eigenvalue weighted by Gasteiger charge is -2.39. The van der Waals surface area contributed by atoms with E-state index in [0.717, 1.165) is 22.3 Å². The molecule has 0 saturated heterocycles. The molecular formula is C31H28N2O6. The molecular weight excluding hydrogens is 496 g/mol. The molecule has 8 nitrogen and oxygen atoms in total. The van der Waals surface area contributed by atoms with Crippen LogP contribution in [0.3, 0.4) is 0 Å². The van der Waals surface area contributed by atoms with E-state index in [2.05, 4.69) is 17.4 Å². The van der Waals surface area contributed by atoms with Gasteiger partial charge in [-0.3, -0.25) is 9.59 Å². The number of amides is 3. The lowest BCUT2D eigenvalue weighted by molar-refractivity contribution is -0.180. The van der Waals surface area contributed by atoms with Crippen LogP contribution in [-0.4, -0.2) is 41.1 Å². The zero-order valence-electron chi connectivity index (χ0n) is 21.7. The van der Waals surface area contributed by atoms with Crippen LogP contribution in [0.4, 0.5) is 4.79 Å². The Morgan fingerprint density at radius 1 is 0.821 bits per heavy atom. The maximum absolute atomic E-state index is 13.7. The maximum Gasteiger partial charge on any atom is 0.408 e. The molecule has 3 aliphatic rings. The predicted molar refractivity (Wildman–Crippen MR) is 142 cm³/mol. The minimum absolute atomic E-state index is 0.0871. The first-order valence-electron chi connectivity index (χ1n) is 13.1. The third-order valence-electron chi connectivity index (χ3n) is 8.45. The lowest BCUT2D eigenvalue weighted by Crippen LogP contribution is -2.62. The minimum Gasteiger partial charge on any atom is -0.449 e. The molecule has 1 saturated carbocycles. The van der Waals surface area contributed by atoms with Crippen molar-refractivity contribution in [1.29, 1.82) is 0 Å². The van der Waals surface area contributed by atoms with Crippen LogP contribution in [0.25, 0.3) is 11.1 Å². The quantitative estimate of drug-likeness (QED) is 0.459. The van der Waals surface area contributed by atoms with Gasteiger partial charge in [-0.1, -0.05) is 79.6 Å². The van der Waals surface area contributed by atoms with Crippen molar-refractivity contribution in [2.75, 3.05) is 6.61 Å². The Kier molecular flexibility index (Phi) is 5.79. The summed E-state index contributed by atoms with van der Waals surface area (Å²) in [6, 6.07) is 22.3. The van der Waals surface area contributed by atoms with Gasteiger partial charge in [0.2, 0.25) is 0 Å². The molecule has 3 aromatic carbocycles. The number of hydrogen-bond donors (Lipinski definition) is 1. The Balaban J connectivity index is 1.21. The van der Waals surface area contributed by atoms with Crippen LogP contribution in [0, 0.1) is 5.41 Å². The number of nitrogens with zero attached hydrogens (tertiary/aromatic N) is 1. The smallest absolute Gasteiger partial charge is 0.408 e. The summed E-state index contributed by atoms with van der Waals surface area (Å²) in [7, 11) is 0. The highest BCUT2D eigenvalue weighted by atomic mass is 16.7. The van der Waals surface area contributed by atoms with Crippen LogP contribution in [0.2, 0.25) is 0 Å². The first-order chi connectivity index (χ1) is 18.7. The molecule has 1 fully saturated rings. The molecule has 39 heavy (non-hydrogen) atoms. The second kappa shape index (κ2) is 9.08. The van der Waals surface area contributed by atoms with E-state index in [4.69, 9.17) is 9.57 Å². The predicted octanol–water partition coefficient (Wildman–Crippen LogP) is 5.23. The summed E-state index contributed by atoms with van der Waals surface area (Å²) >= 11 is 0. The van der Waals surface area contributed by atoms with E-state index >= 15 is 0 Å². The largest absolute Gasteiger partial charge is 0.449 e. The normalized spacial score (nSPS) is 20.8. The summed E-state index contributed by atoms with van der Waals surface area (Å²) in [4.78, 5) is 58.0. The van der Waals surface area contributed by atoms with Crippen LogP contribution in [0.1, 0.15) is 70.9 Å². The van der Waals surface area contributed by atoms with Crippen molar-refractivity contribution < 1.29 is 28.8 Å². The van der Waals surface area contributed by atoms with Gasteiger partial charge in [-0.25, -0.2) is 9.59 Å². The second-order valence-electron chi connectivity index (χ2n) is 10.9. The van der Waals surface area contributed by atoms with Crippen LogP contribution in [0.5, 0.6) is 0 Å². The van der Waals surface area contributed by atoms with E-state index in [1.807, 2.05) is 50.2 Å². The molecule has 1 atom stereocenters. The van der Waals surface area contributed by atoms with E-state index in [-0.39, 0.29) is 30.1 Å². The molecule has 1 N–H and O–H groups in total. The fourth-order valence-corrected chi connectivity index (χ4v) is 6.23. The number of fused-ring (bicyclic) bond motifs is 4. The van der Waals surface area contributed by atoms with E-state index in [0.29, 0.717) is 17.9 Å². The zero-order chi connectivity index (χ0) is 27.4. The summed E-state index contributed by atoms with van der Waals surface area (Å²) in [5.41, 5.74) is 2.51. The molecule has 3 amide bonds. The van der Waals surface area contributed by atoms with E-state index in [9.17, 15) is 19.2 Å². The first-order valence-corrected chi connectivity index (χ1v) is 13.1. The summed E-state index contributed by atoms with van der Waals surface area (Å²) in [5.74, 6) is -2.43. The van der Waals surface area contributed by atoms with Crippen LogP contribution < -0.4 is 5.32 Å². The third kappa shape index (κ3) is 3.81. The molecule has 2 aliphatic carbocycles. The molecule has 0 radical (unpaired) electrons. The standard InChI is InChI=1S/C31H28N2O6/c1-30(2)16-9-17-31(30,28(36)39-33-26(34)23-14-7-8-15-24(23)27(33)35)32-29(37)38-18-25-21-12-5-3-10-19(21)20-11-4-6-13-22(20)25/h3-8,10-15,25H,9,16-18H2,1-2H3,(H,32,37). The Morgan fingerprint density at radius 2 is 1.33 bits per heavy atom. The third-order valence-corrected chi connectivity index (χ3v) is 8.45. The Hall–Kier alpha value is -4.46. The number of imide groups is 1. The molecule has 0 aromatic heterocycles. The molecule has 198 valence electrons. The van der Waals surface area contributed by atoms with E-state index < -0.39 is 34.8 Å². The van der Waals surface area contributed by atoms with Crippen molar-refractivity contribution in [1.82, 2.24) is 10.4 Å². The number of benzene rings is 3. The zero-order valence-corrected chi connectivity index (χ0v) is 21.7. The SMILES string of the molecule is CC1(C)CCCC1(NC(=O)OCC1c2ccccc2-c2ccccc21)C(=O)ON1C(=O)c2ccccc2C1=O. The topological polar surface area (TPSA) is 102 Å². The number of hydroxylamine groups is 2. The Bertz CT molecular complexity index is 1450. The van der Waals surface area contributed by atoms with E-state index in [1.54, 1.807) is 12.1 Å². The van der Waals surface area contributed by atoms with Crippen molar-refractivity contribution in [3.05, 3.63) is 95.1 Å². The van der Waals surface area contributed by atoms with Gasteiger partial charge in [0, 0.05) is 5.92 Å². The van der Waals surface area contributed by atoms with Gasteiger partial charge >= 0.3 is 12.1 Å². The van der Waals surface area contributed by atoms with Gasteiger partial charge in [0.25, 0.3) is 11.8 Å². The number of carbonyl (C=O) groups is 4. The average molecular weight is 525 g/mol. The van der Waals surface area contributed by atoms with Crippen LogP contribution in [0.15, 0.2) is 72.8 Å². The highest BCUT2D eigenvalue weighted by Crippen LogP contribution is 2.48. The van der Waals surface area contributed by atoms with Crippen LogP contribution >= 0.6 is 0 Å². The Morgan fingerprint density at radius 3 is 1.85 bits per heavy atom. The highest BCUT2D eigenvalue weighted by Gasteiger charge is 2.58. The van der Waals surface area contributed by atoms with Gasteiger partial charge in [-0.15, -0.1) is 0 Å². The minimum atomic E-state index is -1.48. The average Bonchev–Trinajstić information content (AvgIpc) is 3.51. The first kappa shape index (κ1) is 24.9. The van der Waals surface area contributed by atoms with Gasteiger partial charge in [-0.05, 0) is 59.1 Å². The number of nitrogens with one attached hydrogen (secondary N) is 1. The number of alkyl carbamates (subject to hydrolysis) is 1. The Labute approximate surface area is 225 Å². The summed E-state index contributed by atoms with van der Waals surface area (Å²) in [6.07, 6.45) is 0.805.